The first-order chi connectivity index (χ1) is 12.2. The molecule has 0 saturated carbocycles. The van der Waals surface area contributed by atoms with Crippen LogP contribution in [0.4, 0.5) is 0 Å². The number of rotatable bonds is 9. The average Bonchev–Trinajstić information content (AvgIpc) is 3.03. The molecular formula is C19H28N4OS. The molecule has 0 spiro atoms. The number of nitrogens with one attached hydrogen (secondary N) is 2. The van der Waals surface area contributed by atoms with Crippen molar-refractivity contribution in [1.29, 1.82) is 0 Å². The quantitative estimate of drug-likeness (QED) is 0.408. The molecule has 0 saturated heterocycles. The summed E-state index contributed by atoms with van der Waals surface area (Å²) >= 11 is 1.73. The highest BCUT2D eigenvalue weighted by Crippen LogP contribution is 2.18. The van der Waals surface area contributed by atoms with Crippen LogP contribution in [0.2, 0.25) is 0 Å². The number of para-hydroxylation sites is 1. The molecule has 2 N–H and O–H groups in total. The van der Waals surface area contributed by atoms with Gasteiger partial charge in [-0.25, -0.2) is 9.98 Å². The Labute approximate surface area is 154 Å². The van der Waals surface area contributed by atoms with Crippen LogP contribution in [0.15, 0.2) is 34.6 Å². The molecule has 136 valence electrons. The topological polar surface area (TPSA) is 58.5 Å². The van der Waals surface area contributed by atoms with Crippen LogP contribution in [-0.2, 0) is 13.0 Å². The molecule has 0 aliphatic rings. The molecule has 6 heteroatoms. The fourth-order valence-electron chi connectivity index (χ4n) is 2.40. The summed E-state index contributed by atoms with van der Waals surface area (Å²) in [6.45, 7) is 9.07. The Balaban J connectivity index is 1.85. The van der Waals surface area contributed by atoms with Crippen molar-refractivity contribution < 1.29 is 4.74 Å². The van der Waals surface area contributed by atoms with E-state index in [2.05, 4.69) is 39.0 Å². The lowest BCUT2D eigenvalue weighted by Gasteiger charge is -2.12. The second-order valence-corrected chi connectivity index (χ2v) is 6.59. The zero-order chi connectivity index (χ0) is 17.9. The highest BCUT2D eigenvalue weighted by Gasteiger charge is 2.03. The van der Waals surface area contributed by atoms with Crippen LogP contribution in [0.3, 0.4) is 0 Å². The molecule has 5 nitrogen and oxygen atoms in total. The number of aryl methyl sites for hydroxylation is 2. The summed E-state index contributed by atoms with van der Waals surface area (Å²) in [7, 11) is 0. The van der Waals surface area contributed by atoms with E-state index in [0.29, 0.717) is 13.2 Å². The predicted molar refractivity (Wildman–Crippen MR) is 106 cm³/mol. The minimum absolute atomic E-state index is 0.594. The van der Waals surface area contributed by atoms with Gasteiger partial charge in [0.2, 0.25) is 0 Å². The third-order valence-electron chi connectivity index (χ3n) is 3.55. The average molecular weight is 361 g/mol. The van der Waals surface area contributed by atoms with Crippen molar-refractivity contribution >= 4 is 17.3 Å². The lowest BCUT2D eigenvalue weighted by atomic mass is 10.2. The Kier molecular flexibility index (Phi) is 8.25. The van der Waals surface area contributed by atoms with Crippen LogP contribution < -0.4 is 15.4 Å². The second-order valence-electron chi connectivity index (χ2n) is 5.65. The first-order valence-electron chi connectivity index (χ1n) is 8.86. The van der Waals surface area contributed by atoms with E-state index < -0.39 is 0 Å². The number of hydrogen-bond acceptors (Lipinski definition) is 4. The van der Waals surface area contributed by atoms with Gasteiger partial charge in [-0.15, -0.1) is 11.3 Å². The smallest absolute Gasteiger partial charge is 0.191 e. The molecule has 0 aliphatic heterocycles. The van der Waals surface area contributed by atoms with E-state index in [1.165, 1.54) is 5.01 Å². The number of aromatic nitrogens is 1. The number of thiazole rings is 1. The Morgan fingerprint density at radius 3 is 2.80 bits per heavy atom. The van der Waals surface area contributed by atoms with Crippen molar-refractivity contribution in [3.05, 3.63) is 45.9 Å². The van der Waals surface area contributed by atoms with Crippen LogP contribution >= 0.6 is 11.3 Å². The van der Waals surface area contributed by atoms with Gasteiger partial charge in [-0.1, -0.05) is 18.2 Å². The Bertz CT molecular complexity index is 669. The van der Waals surface area contributed by atoms with Crippen molar-refractivity contribution in [2.45, 2.75) is 40.2 Å². The minimum Gasteiger partial charge on any atom is -0.494 e. The van der Waals surface area contributed by atoms with Gasteiger partial charge in [-0.05, 0) is 33.3 Å². The predicted octanol–water partition coefficient (Wildman–Crippen LogP) is 3.54. The molecule has 2 aromatic rings. The van der Waals surface area contributed by atoms with Gasteiger partial charge in [-0.2, -0.15) is 0 Å². The largest absolute Gasteiger partial charge is 0.494 e. The number of guanidine groups is 1. The molecule has 1 heterocycles. The molecule has 0 bridgehead atoms. The summed E-state index contributed by atoms with van der Waals surface area (Å²) in [5, 5.41) is 9.99. The summed E-state index contributed by atoms with van der Waals surface area (Å²) < 4.78 is 5.66. The third kappa shape index (κ3) is 6.74. The maximum absolute atomic E-state index is 5.66. The monoisotopic (exact) mass is 360 g/mol. The molecule has 0 unspecified atom stereocenters. The summed E-state index contributed by atoms with van der Waals surface area (Å²) in [5.74, 6) is 1.74. The minimum atomic E-state index is 0.594. The maximum atomic E-state index is 5.66. The Hall–Kier alpha value is -2.08. The zero-order valence-corrected chi connectivity index (χ0v) is 16.2. The lowest BCUT2D eigenvalue weighted by Crippen LogP contribution is -2.37. The van der Waals surface area contributed by atoms with E-state index in [4.69, 9.17) is 4.74 Å². The molecule has 1 aromatic heterocycles. The number of ether oxygens (including phenoxy) is 1. The Morgan fingerprint density at radius 2 is 2.08 bits per heavy atom. The van der Waals surface area contributed by atoms with Crippen molar-refractivity contribution in [3.63, 3.8) is 0 Å². The van der Waals surface area contributed by atoms with E-state index in [-0.39, 0.29) is 0 Å². The van der Waals surface area contributed by atoms with Crippen LogP contribution in [0.5, 0.6) is 5.75 Å². The molecular weight excluding hydrogens is 332 g/mol. The Morgan fingerprint density at radius 1 is 1.24 bits per heavy atom. The molecule has 1 aromatic carbocycles. The molecule has 0 aliphatic carbocycles. The molecule has 0 atom stereocenters. The van der Waals surface area contributed by atoms with E-state index >= 15 is 0 Å². The first kappa shape index (κ1) is 19.2. The van der Waals surface area contributed by atoms with Crippen LogP contribution in [0, 0.1) is 6.92 Å². The van der Waals surface area contributed by atoms with Gasteiger partial charge in [0.25, 0.3) is 0 Å². The summed E-state index contributed by atoms with van der Waals surface area (Å²) in [6.07, 6.45) is 2.03. The standard InChI is InChI=1S/C19H28N4OS/c1-4-20-19(21-12-8-11-18-23-15(3)14-25-18)22-13-16-9-6-7-10-17(16)24-5-2/h6-7,9-10,14H,4-5,8,11-13H2,1-3H3,(H2,20,21,22). The van der Waals surface area contributed by atoms with E-state index in [0.717, 1.165) is 48.9 Å². The number of aliphatic imine (C=N–C) groups is 1. The van der Waals surface area contributed by atoms with Crippen LogP contribution in [-0.4, -0.2) is 30.6 Å². The third-order valence-corrected chi connectivity index (χ3v) is 4.58. The molecule has 25 heavy (non-hydrogen) atoms. The lowest BCUT2D eigenvalue weighted by molar-refractivity contribution is 0.336. The van der Waals surface area contributed by atoms with Crippen molar-refractivity contribution in [2.24, 2.45) is 4.99 Å². The summed E-state index contributed by atoms with van der Waals surface area (Å²) in [5.41, 5.74) is 2.20. The molecule has 2 rings (SSSR count). The van der Waals surface area contributed by atoms with Crippen LogP contribution in [0.1, 0.15) is 36.5 Å². The fraction of sp³-hybridized carbons (Fsp3) is 0.474. The van der Waals surface area contributed by atoms with Gasteiger partial charge >= 0.3 is 0 Å². The van der Waals surface area contributed by atoms with Crippen molar-refractivity contribution in [3.8, 4) is 5.75 Å². The van der Waals surface area contributed by atoms with Crippen molar-refractivity contribution in [1.82, 2.24) is 15.6 Å². The fourth-order valence-corrected chi connectivity index (χ4v) is 3.22. The number of benzene rings is 1. The van der Waals surface area contributed by atoms with E-state index in [9.17, 15) is 0 Å². The summed E-state index contributed by atoms with van der Waals surface area (Å²) in [4.78, 5) is 9.17. The first-order valence-corrected chi connectivity index (χ1v) is 9.74. The normalized spacial score (nSPS) is 11.4. The van der Waals surface area contributed by atoms with Crippen LogP contribution in [0.25, 0.3) is 0 Å². The van der Waals surface area contributed by atoms with Gasteiger partial charge in [0.1, 0.15) is 5.75 Å². The molecule has 0 radical (unpaired) electrons. The SMILES string of the molecule is CCNC(=NCc1ccccc1OCC)NCCCc1nc(C)cs1. The van der Waals surface area contributed by atoms with Gasteiger partial charge in [0, 0.05) is 36.1 Å². The summed E-state index contributed by atoms with van der Waals surface area (Å²) in [6, 6.07) is 8.05. The van der Waals surface area contributed by atoms with Crippen molar-refractivity contribution in [2.75, 3.05) is 19.7 Å². The van der Waals surface area contributed by atoms with Gasteiger partial charge in [0.15, 0.2) is 5.96 Å². The highest BCUT2D eigenvalue weighted by molar-refractivity contribution is 7.09. The zero-order valence-electron chi connectivity index (χ0n) is 15.3. The van der Waals surface area contributed by atoms with E-state index in [1.807, 2.05) is 32.0 Å². The van der Waals surface area contributed by atoms with Gasteiger partial charge in [-0.3, -0.25) is 0 Å². The maximum Gasteiger partial charge on any atom is 0.191 e. The van der Waals surface area contributed by atoms with Gasteiger partial charge in [0.05, 0.1) is 18.2 Å². The molecule has 0 fully saturated rings. The molecule has 0 amide bonds. The van der Waals surface area contributed by atoms with Gasteiger partial charge < -0.3 is 15.4 Å². The number of nitrogens with zero attached hydrogens (tertiary/aromatic N) is 2. The number of hydrogen-bond donors (Lipinski definition) is 2. The second kappa shape index (κ2) is 10.7. The van der Waals surface area contributed by atoms with E-state index in [1.54, 1.807) is 11.3 Å². The highest BCUT2D eigenvalue weighted by atomic mass is 32.1.